The zero-order valence-corrected chi connectivity index (χ0v) is 41.5. The van der Waals surface area contributed by atoms with Gasteiger partial charge in [0.05, 0.1) is 39.7 Å². The smallest absolute Gasteiger partial charge is 0.0638 e. The molecule has 0 fully saturated rings. The number of hydrogen-bond donors (Lipinski definition) is 1. The molecular weight excluding hydrogens is 787 g/mol. The molecule has 0 aliphatic heterocycles. The molecular formula is C62H74N3+. The van der Waals surface area contributed by atoms with Gasteiger partial charge in [-0.1, -0.05) is 118 Å². The average Bonchev–Trinajstić information content (AvgIpc) is 3.27. The van der Waals surface area contributed by atoms with Crippen LogP contribution in [-0.2, 0) is 0 Å². The van der Waals surface area contributed by atoms with Crippen LogP contribution in [0, 0.1) is 68.2 Å². The largest absolute Gasteiger partial charge is 0.354 e. The number of unbranched alkanes of at least 4 members (excludes halogenated alkanes) is 6. The molecule has 336 valence electrons. The van der Waals surface area contributed by atoms with Crippen LogP contribution in [0.5, 0.6) is 0 Å². The van der Waals surface area contributed by atoms with E-state index in [1.165, 1.54) is 150 Å². The van der Waals surface area contributed by atoms with Crippen LogP contribution in [0.3, 0.4) is 0 Å². The van der Waals surface area contributed by atoms with Crippen LogP contribution in [0.15, 0.2) is 121 Å². The Balaban J connectivity index is 1.35. The Hall–Kier alpha value is -5.93. The van der Waals surface area contributed by atoms with E-state index in [0.717, 1.165) is 31.6 Å². The number of nitrogens with zero attached hydrogens (tertiary/aromatic N) is 2. The predicted molar refractivity (Wildman–Crippen MR) is 285 cm³/mol. The second kappa shape index (κ2) is 21.4. The molecule has 7 rings (SSSR count). The van der Waals surface area contributed by atoms with Gasteiger partial charge in [-0.05, 0) is 181 Å². The predicted octanol–water partition coefficient (Wildman–Crippen LogP) is 17.8. The summed E-state index contributed by atoms with van der Waals surface area (Å²) in [6.07, 6.45) is 9.80. The zero-order chi connectivity index (χ0) is 46.2. The molecule has 0 saturated carbocycles. The van der Waals surface area contributed by atoms with Crippen molar-refractivity contribution in [1.82, 2.24) is 0 Å². The van der Waals surface area contributed by atoms with Gasteiger partial charge < -0.3 is 15.1 Å². The number of rotatable bonds is 19. The summed E-state index contributed by atoms with van der Waals surface area (Å²) in [4.78, 5) is 5.15. The van der Waals surface area contributed by atoms with Crippen molar-refractivity contribution in [3.05, 3.63) is 194 Å². The topological polar surface area (TPSA) is 18.5 Å². The Bertz CT molecular complexity index is 2520. The van der Waals surface area contributed by atoms with Crippen molar-refractivity contribution in [3.63, 3.8) is 0 Å². The van der Waals surface area contributed by atoms with Crippen LogP contribution in [0.4, 0.5) is 34.1 Å². The fourth-order valence-corrected chi connectivity index (χ4v) is 10.6. The number of fused-ring (bicyclic) bond motifs is 1. The van der Waals surface area contributed by atoms with E-state index < -0.39 is 0 Å². The normalized spacial score (nSPS) is 11.3. The van der Waals surface area contributed by atoms with Crippen LogP contribution < -0.4 is 15.1 Å². The van der Waals surface area contributed by atoms with Crippen LogP contribution >= 0.6 is 0 Å². The van der Waals surface area contributed by atoms with Crippen molar-refractivity contribution < 1.29 is 0 Å². The Labute approximate surface area is 392 Å². The number of hydrogen-bond acceptors (Lipinski definition) is 3. The van der Waals surface area contributed by atoms with E-state index in [2.05, 4.69) is 213 Å². The summed E-state index contributed by atoms with van der Waals surface area (Å²) in [6, 6.07) is 46.4. The van der Waals surface area contributed by atoms with Crippen LogP contribution in [0.25, 0.3) is 10.8 Å². The Morgan fingerprint density at radius 3 is 1.23 bits per heavy atom. The third-order valence-electron chi connectivity index (χ3n) is 13.3. The molecule has 3 heteroatoms. The molecule has 0 amide bonds. The maximum absolute atomic E-state index is 3.88. The molecule has 1 N–H and O–H groups in total. The first-order valence-corrected chi connectivity index (χ1v) is 24.5. The highest BCUT2D eigenvalue weighted by Gasteiger charge is 2.28. The molecule has 0 bridgehead atoms. The van der Waals surface area contributed by atoms with Crippen LogP contribution in [0.2, 0.25) is 0 Å². The van der Waals surface area contributed by atoms with E-state index in [1.54, 1.807) is 0 Å². The monoisotopic (exact) mass is 861 g/mol. The van der Waals surface area contributed by atoms with E-state index in [9.17, 15) is 0 Å². The van der Waals surface area contributed by atoms with Crippen LogP contribution in [0.1, 0.15) is 132 Å². The van der Waals surface area contributed by atoms with Gasteiger partial charge in [-0.3, -0.25) is 0 Å². The minimum absolute atomic E-state index is 0.996. The van der Waals surface area contributed by atoms with Crippen molar-refractivity contribution in [2.45, 2.75) is 128 Å². The molecule has 0 aliphatic rings. The number of anilines is 6. The number of aryl methyl sites for hydroxylation is 9. The lowest BCUT2D eigenvalue weighted by atomic mass is 9.82. The highest BCUT2D eigenvalue weighted by atomic mass is 15.1. The van der Waals surface area contributed by atoms with E-state index >= 15 is 0 Å². The summed E-state index contributed by atoms with van der Waals surface area (Å²) >= 11 is 0. The first-order chi connectivity index (χ1) is 31.4. The third-order valence-corrected chi connectivity index (χ3v) is 13.3. The van der Waals surface area contributed by atoms with E-state index in [4.69, 9.17) is 0 Å². The molecule has 0 radical (unpaired) electrons. The van der Waals surface area contributed by atoms with Gasteiger partial charge in [0.1, 0.15) is 0 Å². The Morgan fingerprint density at radius 2 is 0.815 bits per heavy atom. The highest BCUT2D eigenvalue weighted by Crippen LogP contribution is 2.42. The second-order valence-electron chi connectivity index (χ2n) is 19.0. The first kappa shape index (κ1) is 47.0. The lowest BCUT2D eigenvalue weighted by Gasteiger charge is -2.29. The maximum atomic E-state index is 3.88. The minimum Gasteiger partial charge on any atom is -0.354 e. The van der Waals surface area contributed by atoms with Crippen molar-refractivity contribution in [3.8, 4) is 0 Å². The minimum atomic E-state index is 0.996. The summed E-state index contributed by atoms with van der Waals surface area (Å²) in [5.41, 5.74) is 22.9. The lowest BCUT2D eigenvalue weighted by molar-refractivity contribution is 0.667. The molecule has 0 aliphatic carbocycles. The standard InChI is InChI=1S/C62H74N3/c1-12-14-16-20-34-64(61-47(8)38-43(4)39-48(61)9)53-28-24-51(25-29-53)59(57-32-33-58(56-23-19-18-22-55(56)57)63-60-45(6)36-42(3)37-46(60)7)52-26-30-54(31-27-52)65(35-21-17-15-13-2)62-49(10)40-44(5)41-50(62)11/h18-19,22-33,36-41,63H,12-17,20-21,34-35H2,1-11H3/q+1. The van der Waals surface area contributed by atoms with Gasteiger partial charge in [-0.25, -0.2) is 0 Å². The SMILES string of the molecule is CCCCCCN(c1ccc([C+](c2ccc(N(CCCCCC)c3c(C)cc(C)cc3C)cc2)c2ccc(Nc3c(C)cc(C)cc3C)c3ccccc23)cc1)c1c(C)cc(C)cc1C. The Kier molecular flexibility index (Phi) is 15.5. The molecule has 0 saturated heterocycles. The van der Waals surface area contributed by atoms with Gasteiger partial charge in [0.2, 0.25) is 0 Å². The van der Waals surface area contributed by atoms with E-state index in [0.29, 0.717) is 0 Å². The summed E-state index contributed by atoms with van der Waals surface area (Å²) < 4.78 is 0. The molecule has 0 atom stereocenters. The van der Waals surface area contributed by atoms with Crippen LogP contribution in [-0.4, -0.2) is 13.1 Å². The Morgan fingerprint density at radius 1 is 0.415 bits per heavy atom. The van der Waals surface area contributed by atoms with Gasteiger partial charge >= 0.3 is 0 Å². The van der Waals surface area contributed by atoms with Crippen molar-refractivity contribution in [2.75, 3.05) is 28.2 Å². The fraction of sp³-hybridized carbons (Fsp3) is 0.339. The highest BCUT2D eigenvalue weighted by molar-refractivity contribution is 6.00. The van der Waals surface area contributed by atoms with Gasteiger partial charge in [-0.2, -0.15) is 0 Å². The number of nitrogens with one attached hydrogen (secondary N) is 1. The van der Waals surface area contributed by atoms with Crippen molar-refractivity contribution in [2.24, 2.45) is 0 Å². The lowest BCUT2D eigenvalue weighted by Crippen LogP contribution is -2.21. The first-order valence-electron chi connectivity index (χ1n) is 24.5. The summed E-state index contributed by atoms with van der Waals surface area (Å²) in [5, 5.41) is 6.32. The third kappa shape index (κ3) is 10.8. The molecule has 7 aromatic carbocycles. The van der Waals surface area contributed by atoms with Crippen molar-refractivity contribution in [1.29, 1.82) is 0 Å². The molecule has 0 spiro atoms. The van der Waals surface area contributed by atoms with E-state index in [-0.39, 0.29) is 0 Å². The molecule has 65 heavy (non-hydrogen) atoms. The number of benzene rings is 7. The van der Waals surface area contributed by atoms with Gasteiger partial charge in [-0.15, -0.1) is 0 Å². The summed E-state index contributed by atoms with van der Waals surface area (Å²) in [7, 11) is 0. The molecule has 0 aromatic heterocycles. The van der Waals surface area contributed by atoms with Gasteiger partial charge in [0, 0.05) is 40.9 Å². The van der Waals surface area contributed by atoms with Gasteiger partial charge in [0.15, 0.2) is 0 Å². The molecule has 7 aromatic rings. The molecule has 0 heterocycles. The van der Waals surface area contributed by atoms with E-state index in [1.807, 2.05) is 0 Å². The average molecular weight is 861 g/mol. The zero-order valence-electron chi connectivity index (χ0n) is 41.5. The quantitative estimate of drug-likeness (QED) is 0.0496. The summed E-state index contributed by atoms with van der Waals surface area (Å²) in [5.74, 6) is 1.24. The van der Waals surface area contributed by atoms with Crippen molar-refractivity contribution >= 4 is 44.9 Å². The fourth-order valence-electron chi connectivity index (χ4n) is 10.6. The summed E-state index contributed by atoms with van der Waals surface area (Å²) in [6.45, 7) is 26.7. The maximum Gasteiger partial charge on any atom is 0.0638 e. The molecule has 3 nitrogen and oxygen atoms in total. The molecule has 0 unspecified atom stereocenters. The van der Waals surface area contributed by atoms with Gasteiger partial charge in [0.25, 0.3) is 0 Å². The second-order valence-corrected chi connectivity index (χ2v) is 19.0.